The van der Waals surface area contributed by atoms with Crippen LogP contribution in [0.25, 0.3) is 10.9 Å². The molecule has 3 rings (SSSR count). The minimum Gasteiger partial charge on any atom is -0.461 e. The highest BCUT2D eigenvalue weighted by Crippen LogP contribution is 2.36. The minimum absolute atomic E-state index is 0.346. The molecule has 122 valence electrons. The molecule has 5 nitrogen and oxygen atoms in total. The van der Waals surface area contributed by atoms with Crippen LogP contribution in [0.1, 0.15) is 45.1 Å². The van der Waals surface area contributed by atoms with Gasteiger partial charge in [-0.15, -0.1) is 0 Å². The highest BCUT2D eigenvalue weighted by molar-refractivity contribution is 6.62. The summed E-state index contributed by atoms with van der Waals surface area (Å²) >= 11 is 0. The standard InChI is InChI=1S/C17H22BNO4/c1-6-21-15(20)14-10-11-9-12(7-8-13(11)19-14)18-22-16(2,3)17(4,5)23-18/h7-10,19H,6H2,1-5H3. The molecule has 2 heterocycles. The summed E-state index contributed by atoms with van der Waals surface area (Å²) in [6, 6.07) is 7.66. The molecule has 0 aliphatic carbocycles. The lowest BCUT2D eigenvalue weighted by molar-refractivity contribution is 0.00578. The average Bonchev–Trinajstić information content (AvgIpc) is 2.97. The molecule has 0 spiro atoms. The van der Waals surface area contributed by atoms with Gasteiger partial charge in [0.15, 0.2) is 0 Å². The maximum atomic E-state index is 11.8. The van der Waals surface area contributed by atoms with Crippen LogP contribution in [-0.2, 0) is 14.0 Å². The van der Waals surface area contributed by atoms with Crippen LogP contribution in [-0.4, -0.2) is 35.9 Å². The van der Waals surface area contributed by atoms with Crippen molar-refractivity contribution in [1.29, 1.82) is 0 Å². The van der Waals surface area contributed by atoms with Crippen LogP contribution in [0.3, 0.4) is 0 Å². The van der Waals surface area contributed by atoms with E-state index in [4.69, 9.17) is 14.0 Å². The first kappa shape index (κ1) is 16.1. The first-order valence-electron chi connectivity index (χ1n) is 7.89. The normalized spacial score (nSPS) is 19.3. The van der Waals surface area contributed by atoms with Gasteiger partial charge in [0.25, 0.3) is 0 Å². The lowest BCUT2D eigenvalue weighted by Gasteiger charge is -2.32. The molecule has 0 atom stereocenters. The molecule has 1 fully saturated rings. The zero-order chi connectivity index (χ0) is 16.8. The van der Waals surface area contributed by atoms with Crippen LogP contribution in [0, 0.1) is 0 Å². The summed E-state index contributed by atoms with van der Waals surface area (Å²) in [6.45, 7) is 10.3. The molecule has 1 aromatic heterocycles. The predicted octanol–water partition coefficient (Wildman–Crippen LogP) is 2.64. The summed E-state index contributed by atoms with van der Waals surface area (Å²) in [5.74, 6) is -0.346. The van der Waals surface area contributed by atoms with Gasteiger partial charge in [-0.25, -0.2) is 4.79 Å². The largest absolute Gasteiger partial charge is 0.494 e. The number of nitrogens with one attached hydrogen (secondary N) is 1. The molecule has 0 amide bonds. The Morgan fingerprint density at radius 3 is 2.43 bits per heavy atom. The van der Waals surface area contributed by atoms with Gasteiger partial charge in [-0.2, -0.15) is 0 Å². The smallest absolute Gasteiger partial charge is 0.461 e. The van der Waals surface area contributed by atoms with Gasteiger partial charge < -0.3 is 19.0 Å². The minimum atomic E-state index is -0.412. The maximum Gasteiger partial charge on any atom is 0.494 e. The molecular weight excluding hydrogens is 293 g/mol. The second kappa shape index (κ2) is 5.39. The topological polar surface area (TPSA) is 60.6 Å². The number of fused-ring (bicyclic) bond motifs is 1. The Morgan fingerprint density at radius 2 is 1.83 bits per heavy atom. The number of esters is 1. The molecule has 0 saturated carbocycles. The number of H-pyrrole nitrogens is 1. The van der Waals surface area contributed by atoms with Gasteiger partial charge >= 0.3 is 13.1 Å². The van der Waals surface area contributed by atoms with E-state index in [1.54, 1.807) is 13.0 Å². The fourth-order valence-corrected chi connectivity index (χ4v) is 2.60. The van der Waals surface area contributed by atoms with Crippen LogP contribution >= 0.6 is 0 Å². The quantitative estimate of drug-likeness (QED) is 0.699. The molecule has 0 radical (unpaired) electrons. The van der Waals surface area contributed by atoms with E-state index in [2.05, 4.69) is 4.98 Å². The molecule has 23 heavy (non-hydrogen) atoms. The van der Waals surface area contributed by atoms with Crippen molar-refractivity contribution in [1.82, 2.24) is 4.98 Å². The summed E-state index contributed by atoms with van der Waals surface area (Å²) in [7, 11) is -0.412. The second-order valence-corrected chi connectivity index (χ2v) is 6.84. The molecular formula is C17H22BNO4. The van der Waals surface area contributed by atoms with E-state index in [-0.39, 0.29) is 17.2 Å². The van der Waals surface area contributed by atoms with Crippen molar-refractivity contribution in [3.05, 3.63) is 30.0 Å². The predicted molar refractivity (Wildman–Crippen MR) is 90.0 cm³/mol. The Hall–Kier alpha value is -1.79. The Morgan fingerprint density at radius 1 is 1.17 bits per heavy atom. The molecule has 6 heteroatoms. The van der Waals surface area contributed by atoms with Gasteiger partial charge in [0.05, 0.1) is 17.8 Å². The number of aromatic nitrogens is 1. The zero-order valence-corrected chi connectivity index (χ0v) is 14.2. The number of hydrogen-bond donors (Lipinski definition) is 1. The van der Waals surface area contributed by atoms with Crippen LogP contribution in [0.15, 0.2) is 24.3 Å². The van der Waals surface area contributed by atoms with E-state index in [9.17, 15) is 4.79 Å². The Bertz CT molecular complexity index is 734. The summed E-state index contributed by atoms with van der Waals surface area (Å²) in [4.78, 5) is 14.9. The molecule has 1 aromatic carbocycles. The maximum absolute atomic E-state index is 11.8. The van der Waals surface area contributed by atoms with Crippen molar-refractivity contribution < 1.29 is 18.8 Å². The molecule has 1 aliphatic heterocycles. The van der Waals surface area contributed by atoms with Gasteiger partial charge in [0, 0.05) is 5.52 Å². The molecule has 1 saturated heterocycles. The lowest BCUT2D eigenvalue weighted by Crippen LogP contribution is -2.41. The van der Waals surface area contributed by atoms with Gasteiger partial charge in [0.2, 0.25) is 0 Å². The van der Waals surface area contributed by atoms with Gasteiger partial charge in [0.1, 0.15) is 5.69 Å². The van der Waals surface area contributed by atoms with Crippen molar-refractivity contribution >= 4 is 29.5 Å². The van der Waals surface area contributed by atoms with Crippen LogP contribution < -0.4 is 5.46 Å². The number of carbonyl (C=O) groups is 1. The number of aromatic amines is 1. The summed E-state index contributed by atoms with van der Waals surface area (Å²) < 4.78 is 17.2. The summed E-state index contributed by atoms with van der Waals surface area (Å²) in [5, 5.41) is 0.931. The van der Waals surface area contributed by atoms with Gasteiger partial charge in [-0.05, 0) is 57.6 Å². The van der Waals surface area contributed by atoms with Crippen molar-refractivity contribution in [3.63, 3.8) is 0 Å². The third kappa shape index (κ3) is 2.77. The number of ether oxygens (including phenoxy) is 1. The summed E-state index contributed by atoms with van der Waals surface area (Å²) in [6.07, 6.45) is 0. The van der Waals surface area contributed by atoms with Crippen LogP contribution in [0.4, 0.5) is 0 Å². The molecule has 1 aliphatic rings. The highest BCUT2D eigenvalue weighted by Gasteiger charge is 2.51. The van der Waals surface area contributed by atoms with E-state index in [1.165, 1.54) is 0 Å². The second-order valence-electron chi connectivity index (χ2n) is 6.84. The molecule has 0 unspecified atom stereocenters. The van der Waals surface area contributed by atoms with Crippen molar-refractivity contribution in [2.24, 2.45) is 0 Å². The number of benzene rings is 1. The average molecular weight is 315 g/mol. The van der Waals surface area contributed by atoms with Gasteiger partial charge in [-0.3, -0.25) is 0 Å². The third-order valence-corrected chi connectivity index (χ3v) is 4.67. The number of hydrogen-bond acceptors (Lipinski definition) is 4. The zero-order valence-electron chi connectivity index (χ0n) is 14.2. The van der Waals surface area contributed by atoms with Gasteiger partial charge in [-0.1, -0.05) is 12.1 Å². The lowest BCUT2D eigenvalue weighted by atomic mass is 9.79. The fourth-order valence-electron chi connectivity index (χ4n) is 2.60. The van der Waals surface area contributed by atoms with E-state index < -0.39 is 7.12 Å². The van der Waals surface area contributed by atoms with Crippen molar-refractivity contribution in [2.75, 3.05) is 6.61 Å². The SMILES string of the molecule is CCOC(=O)c1cc2cc(B3OC(C)(C)C(C)(C)O3)ccc2[nH]1. The van der Waals surface area contributed by atoms with E-state index in [0.29, 0.717) is 12.3 Å². The van der Waals surface area contributed by atoms with E-state index in [1.807, 2.05) is 45.9 Å². The highest BCUT2D eigenvalue weighted by atomic mass is 16.7. The van der Waals surface area contributed by atoms with E-state index in [0.717, 1.165) is 16.4 Å². The Kier molecular flexibility index (Phi) is 3.77. The van der Waals surface area contributed by atoms with Crippen molar-refractivity contribution in [3.8, 4) is 0 Å². The molecule has 0 bridgehead atoms. The first-order valence-corrected chi connectivity index (χ1v) is 7.89. The van der Waals surface area contributed by atoms with Crippen molar-refractivity contribution in [2.45, 2.75) is 45.8 Å². The summed E-state index contributed by atoms with van der Waals surface area (Å²) in [5.41, 5.74) is 1.52. The monoisotopic (exact) mass is 315 g/mol. The fraction of sp³-hybridized carbons (Fsp3) is 0.471. The van der Waals surface area contributed by atoms with E-state index >= 15 is 0 Å². The third-order valence-electron chi connectivity index (χ3n) is 4.67. The van der Waals surface area contributed by atoms with Crippen LogP contribution in [0.5, 0.6) is 0 Å². The molecule has 2 aromatic rings. The Labute approximate surface area is 136 Å². The molecule has 1 N–H and O–H groups in total. The number of rotatable bonds is 3. The Balaban J connectivity index is 1.91. The first-order chi connectivity index (χ1) is 10.7. The number of carbonyl (C=O) groups excluding carboxylic acids is 1. The van der Waals surface area contributed by atoms with Crippen LogP contribution in [0.2, 0.25) is 0 Å².